The first-order chi connectivity index (χ1) is 15.2. The van der Waals surface area contributed by atoms with Crippen LogP contribution in [0.4, 0.5) is 18.9 Å². The van der Waals surface area contributed by atoms with Crippen LogP contribution >= 0.6 is 39.3 Å². The highest BCUT2D eigenvalue weighted by atomic mass is 79.9. The van der Waals surface area contributed by atoms with Crippen LogP contribution in [0, 0.1) is 0 Å². The number of thioether (sulfide) groups is 1. The molecule has 0 saturated carbocycles. The Bertz CT molecular complexity index is 1330. The molecule has 1 N–H and O–H groups in total. The molecule has 2 heterocycles. The quantitative estimate of drug-likeness (QED) is 0.289. The minimum absolute atomic E-state index is 0.0545. The molecule has 32 heavy (non-hydrogen) atoms. The number of para-hydroxylation sites is 1. The average Bonchev–Trinajstić information content (AvgIpc) is 3.10. The third kappa shape index (κ3) is 4.35. The Kier molecular flexibility index (Phi) is 6.19. The number of hydrogen-bond donors (Lipinski definition) is 1. The summed E-state index contributed by atoms with van der Waals surface area (Å²) < 4.78 is 42.8. The van der Waals surface area contributed by atoms with Crippen LogP contribution in [0.1, 0.15) is 16.2 Å². The van der Waals surface area contributed by atoms with E-state index in [0.29, 0.717) is 15.8 Å². The standard InChI is InChI=1S/C21H13BrClF3N4OS/c1-32-15-5-3-2-4-13(15)28-20(31)18-17(23)19-27-14(11-6-8-12(22)9-7-11)10-16(21(24,25)26)30(19)29-18/h2-10H,1H3,(H,28,31). The van der Waals surface area contributed by atoms with Crippen LogP contribution in [0.3, 0.4) is 0 Å². The number of aromatic nitrogens is 3. The summed E-state index contributed by atoms with van der Waals surface area (Å²) in [6.07, 6.45) is -2.91. The van der Waals surface area contributed by atoms with Crippen LogP contribution in [-0.4, -0.2) is 26.8 Å². The van der Waals surface area contributed by atoms with Gasteiger partial charge in [-0.2, -0.15) is 18.3 Å². The maximum Gasteiger partial charge on any atom is 0.433 e. The number of nitrogens with zero attached hydrogens (tertiary/aromatic N) is 3. The van der Waals surface area contributed by atoms with Gasteiger partial charge >= 0.3 is 6.18 Å². The molecule has 0 fully saturated rings. The second-order valence-electron chi connectivity index (χ2n) is 6.58. The minimum Gasteiger partial charge on any atom is -0.320 e. The second-order valence-corrected chi connectivity index (χ2v) is 8.73. The van der Waals surface area contributed by atoms with Gasteiger partial charge in [0, 0.05) is 14.9 Å². The molecule has 0 radical (unpaired) electrons. The Morgan fingerprint density at radius 3 is 2.50 bits per heavy atom. The Morgan fingerprint density at radius 1 is 1.16 bits per heavy atom. The molecule has 0 atom stereocenters. The molecule has 0 aliphatic heterocycles. The summed E-state index contributed by atoms with van der Waals surface area (Å²) in [5.41, 5.74) is -0.697. The van der Waals surface area contributed by atoms with Crippen LogP contribution in [0.2, 0.25) is 5.02 Å². The average molecular weight is 542 g/mol. The first-order valence-electron chi connectivity index (χ1n) is 9.06. The van der Waals surface area contributed by atoms with E-state index in [1.807, 2.05) is 12.3 Å². The lowest BCUT2D eigenvalue weighted by atomic mass is 10.1. The highest BCUT2D eigenvalue weighted by Gasteiger charge is 2.36. The summed E-state index contributed by atoms with van der Waals surface area (Å²) >= 11 is 11.0. The smallest absolute Gasteiger partial charge is 0.320 e. The largest absolute Gasteiger partial charge is 0.433 e. The number of halogens is 5. The van der Waals surface area contributed by atoms with Gasteiger partial charge in [0.15, 0.2) is 17.0 Å². The SMILES string of the molecule is CSc1ccccc1NC(=O)c1nn2c(C(F)(F)F)cc(-c3ccc(Br)cc3)nc2c1Cl. The molecule has 164 valence electrons. The Labute approximate surface area is 198 Å². The molecule has 0 aliphatic rings. The fourth-order valence-corrected chi connectivity index (χ4v) is 4.10. The zero-order chi connectivity index (χ0) is 23.0. The molecule has 0 unspecified atom stereocenters. The van der Waals surface area contributed by atoms with E-state index >= 15 is 0 Å². The van der Waals surface area contributed by atoms with Gasteiger partial charge in [-0.15, -0.1) is 11.8 Å². The first kappa shape index (κ1) is 22.6. The molecule has 0 saturated heterocycles. The van der Waals surface area contributed by atoms with E-state index < -0.39 is 17.8 Å². The number of nitrogens with one attached hydrogen (secondary N) is 1. The number of hydrogen-bond acceptors (Lipinski definition) is 4. The van der Waals surface area contributed by atoms with Crippen LogP contribution in [-0.2, 0) is 6.18 Å². The van der Waals surface area contributed by atoms with E-state index in [1.165, 1.54) is 11.8 Å². The summed E-state index contributed by atoms with van der Waals surface area (Å²) in [4.78, 5) is 17.9. The molecule has 4 aromatic rings. The van der Waals surface area contributed by atoms with Crippen molar-refractivity contribution in [2.45, 2.75) is 11.1 Å². The van der Waals surface area contributed by atoms with Crippen molar-refractivity contribution in [3.05, 3.63) is 75.5 Å². The lowest BCUT2D eigenvalue weighted by Crippen LogP contribution is -2.16. The predicted molar refractivity (Wildman–Crippen MR) is 122 cm³/mol. The third-order valence-corrected chi connectivity index (χ3v) is 6.21. The van der Waals surface area contributed by atoms with Gasteiger partial charge in [0.2, 0.25) is 0 Å². The summed E-state index contributed by atoms with van der Waals surface area (Å²) in [5, 5.41) is 6.24. The number of fused-ring (bicyclic) bond motifs is 1. The number of carbonyl (C=O) groups is 1. The van der Waals surface area contributed by atoms with Crippen molar-refractivity contribution in [2.24, 2.45) is 0 Å². The highest BCUT2D eigenvalue weighted by Crippen LogP contribution is 2.35. The molecule has 2 aromatic carbocycles. The molecule has 11 heteroatoms. The fourth-order valence-electron chi connectivity index (χ4n) is 3.04. The van der Waals surface area contributed by atoms with Crippen molar-refractivity contribution < 1.29 is 18.0 Å². The van der Waals surface area contributed by atoms with Gasteiger partial charge < -0.3 is 5.32 Å². The lowest BCUT2D eigenvalue weighted by molar-refractivity contribution is -0.142. The van der Waals surface area contributed by atoms with E-state index in [2.05, 4.69) is 31.3 Å². The number of alkyl halides is 3. The topological polar surface area (TPSA) is 59.3 Å². The van der Waals surface area contributed by atoms with Crippen LogP contribution < -0.4 is 5.32 Å². The monoisotopic (exact) mass is 540 g/mol. The molecule has 5 nitrogen and oxygen atoms in total. The normalized spacial score (nSPS) is 11.7. The molecular formula is C21H13BrClF3N4OS. The molecule has 1 amide bonds. The van der Waals surface area contributed by atoms with Gasteiger partial charge in [-0.3, -0.25) is 4.79 Å². The van der Waals surface area contributed by atoms with Crippen molar-refractivity contribution in [1.29, 1.82) is 0 Å². The molecule has 4 rings (SSSR count). The molecule has 0 spiro atoms. The van der Waals surface area contributed by atoms with Gasteiger partial charge in [-0.25, -0.2) is 9.50 Å². The van der Waals surface area contributed by atoms with E-state index in [1.54, 1.807) is 42.5 Å². The molecule has 0 bridgehead atoms. The Hall–Kier alpha value is -2.56. The fraction of sp³-hybridized carbons (Fsp3) is 0.0952. The van der Waals surface area contributed by atoms with Crippen LogP contribution in [0.5, 0.6) is 0 Å². The summed E-state index contributed by atoms with van der Waals surface area (Å²) in [6, 6.07) is 14.5. The molecular weight excluding hydrogens is 529 g/mol. The highest BCUT2D eigenvalue weighted by molar-refractivity contribution is 9.10. The number of carbonyl (C=O) groups excluding carboxylic acids is 1. The van der Waals surface area contributed by atoms with E-state index in [-0.39, 0.29) is 22.1 Å². The summed E-state index contributed by atoms with van der Waals surface area (Å²) in [5.74, 6) is -0.736. The summed E-state index contributed by atoms with van der Waals surface area (Å²) in [7, 11) is 0. The van der Waals surface area contributed by atoms with Crippen molar-refractivity contribution in [3.8, 4) is 11.3 Å². The zero-order valence-electron chi connectivity index (χ0n) is 16.2. The van der Waals surface area contributed by atoms with Crippen LogP contribution in [0.15, 0.2) is 64.0 Å². The second kappa shape index (κ2) is 8.76. The summed E-state index contributed by atoms with van der Waals surface area (Å²) in [6.45, 7) is 0. The van der Waals surface area contributed by atoms with Gasteiger partial charge in [-0.05, 0) is 36.6 Å². The number of amides is 1. The predicted octanol–water partition coefficient (Wildman–Crippen LogP) is 6.81. The number of anilines is 1. The van der Waals surface area contributed by atoms with Crippen molar-refractivity contribution in [1.82, 2.24) is 14.6 Å². The molecule has 2 aromatic heterocycles. The van der Waals surface area contributed by atoms with Crippen LogP contribution in [0.25, 0.3) is 16.9 Å². The van der Waals surface area contributed by atoms with Gasteiger partial charge in [0.05, 0.1) is 11.4 Å². The maximum absolute atomic E-state index is 13.8. The Balaban J connectivity index is 1.84. The van der Waals surface area contributed by atoms with Crippen molar-refractivity contribution in [3.63, 3.8) is 0 Å². The van der Waals surface area contributed by atoms with Crippen molar-refractivity contribution in [2.75, 3.05) is 11.6 Å². The third-order valence-electron chi connectivity index (χ3n) is 4.53. The van der Waals surface area contributed by atoms with Gasteiger partial charge in [0.1, 0.15) is 5.02 Å². The van der Waals surface area contributed by atoms with Crippen molar-refractivity contribution >= 4 is 56.5 Å². The zero-order valence-corrected chi connectivity index (χ0v) is 19.4. The van der Waals surface area contributed by atoms with Gasteiger partial charge in [-0.1, -0.05) is 51.8 Å². The number of rotatable bonds is 4. The van der Waals surface area contributed by atoms with E-state index in [0.717, 1.165) is 15.4 Å². The first-order valence-corrected chi connectivity index (χ1v) is 11.5. The minimum atomic E-state index is -4.75. The van der Waals surface area contributed by atoms with E-state index in [9.17, 15) is 18.0 Å². The van der Waals surface area contributed by atoms with Gasteiger partial charge in [0.25, 0.3) is 5.91 Å². The maximum atomic E-state index is 13.8. The number of benzene rings is 2. The lowest BCUT2D eigenvalue weighted by Gasteiger charge is -2.11. The van der Waals surface area contributed by atoms with E-state index in [4.69, 9.17) is 11.6 Å². The Morgan fingerprint density at radius 2 is 1.84 bits per heavy atom. The molecule has 0 aliphatic carbocycles.